The standard InChI is InChI=1S/C16H25F4NO5/c1-5-14(2,3)13(24)21-10-26-12(23)8-11(22)25-7-6-16(19,20)9-15(4,17)18/h5-10H2,1-4H3,(H,21,24). The molecule has 10 heteroatoms. The van der Waals surface area contributed by atoms with Gasteiger partial charge in [-0.25, -0.2) is 17.6 Å². The van der Waals surface area contributed by atoms with Crippen molar-refractivity contribution in [3.8, 4) is 0 Å². The van der Waals surface area contributed by atoms with E-state index in [0.29, 0.717) is 13.3 Å². The van der Waals surface area contributed by atoms with Crippen molar-refractivity contribution in [2.75, 3.05) is 13.3 Å². The number of rotatable bonds is 11. The van der Waals surface area contributed by atoms with Gasteiger partial charge in [0.05, 0.1) is 13.0 Å². The minimum absolute atomic E-state index is 0.342. The highest BCUT2D eigenvalue weighted by Crippen LogP contribution is 2.32. The molecule has 0 heterocycles. The van der Waals surface area contributed by atoms with Crippen LogP contribution in [0.5, 0.6) is 0 Å². The first kappa shape index (κ1) is 24.1. The summed E-state index contributed by atoms with van der Waals surface area (Å²) in [6, 6.07) is 0. The summed E-state index contributed by atoms with van der Waals surface area (Å²) < 4.78 is 60.6. The zero-order valence-corrected chi connectivity index (χ0v) is 15.3. The summed E-state index contributed by atoms with van der Waals surface area (Å²) in [6.07, 6.45) is -3.02. The van der Waals surface area contributed by atoms with Crippen molar-refractivity contribution in [1.82, 2.24) is 5.32 Å². The van der Waals surface area contributed by atoms with Crippen molar-refractivity contribution >= 4 is 17.8 Å². The molecule has 6 nitrogen and oxygen atoms in total. The van der Waals surface area contributed by atoms with E-state index in [1.807, 2.05) is 6.92 Å². The number of hydrogen-bond acceptors (Lipinski definition) is 5. The zero-order chi connectivity index (χ0) is 20.6. The van der Waals surface area contributed by atoms with Gasteiger partial charge >= 0.3 is 11.9 Å². The van der Waals surface area contributed by atoms with E-state index in [-0.39, 0.29) is 5.91 Å². The number of amides is 1. The third-order valence-corrected chi connectivity index (χ3v) is 3.55. The predicted molar refractivity (Wildman–Crippen MR) is 83.6 cm³/mol. The molecule has 26 heavy (non-hydrogen) atoms. The number of halogens is 4. The molecule has 0 aliphatic rings. The lowest BCUT2D eigenvalue weighted by atomic mass is 9.89. The largest absolute Gasteiger partial charge is 0.465 e. The number of esters is 2. The molecule has 0 bridgehead atoms. The van der Waals surface area contributed by atoms with Gasteiger partial charge in [0.1, 0.15) is 6.42 Å². The van der Waals surface area contributed by atoms with Crippen LogP contribution in [-0.2, 0) is 23.9 Å². The Hall–Kier alpha value is -1.87. The lowest BCUT2D eigenvalue weighted by Crippen LogP contribution is -2.38. The summed E-state index contributed by atoms with van der Waals surface area (Å²) in [4.78, 5) is 34.4. The Labute approximate surface area is 149 Å². The molecule has 0 aliphatic heterocycles. The van der Waals surface area contributed by atoms with Crippen LogP contribution in [0.1, 0.15) is 53.4 Å². The Morgan fingerprint density at radius 1 is 0.962 bits per heavy atom. The normalized spacial score (nSPS) is 12.5. The van der Waals surface area contributed by atoms with E-state index >= 15 is 0 Å². The molecule has 0 spiro atoms. The Bertz CT molecular complexity index is 503. The summed E-state index contributed by atoms with van der Waals surface area (Å²) >= 11 is 0. The van der Waals surface area contributed by atoms with Crippen molar-refractivity contribution < 1.29 is 41.4 Å². The van der Waals surface area contributed by atoms with Crippen LogP contribution in [0.4, 0.5) is 17.6 Å². The summed E-state index contributed by atoms with van der Waals surface area (Å²) in [5, 5.41) is 2.36. The van der Waals surface area contributed by atoms with Gasteiger partial charge in [-0.1, -0.05) is 20.8 Å². The lowest BCUT2D eigenvalue weighted by Gasteiger charge is -2.21. The van der Waals surface area contributed by atoms with Gasteiger partial charge in [0, 0.05) is 11.8 Å². The third-order valence-electron chi connectivity index (χ3n) is 3.55. The molecule has 0 fully saturated rings. The second-order valence-corrected chi connectivity index (χ2v) is 6.65. The molecule has 0 aliphatic carbocycles. The van der Waals surface area contributed by atoms with Gasteiger partial charge in [-0.15, -0.1) is 0 Å². The fraction of sp³-hybridized carbons (Fsp3) is 0.812. The molecule has 1 N–H and O–H groups in total. The zero-order valence-electron chi connectivity index (χ0n) is 15.3. The van der Waals surface area contributed by atoms with Crippen LogP contribution in [0, 0.1) is 5.41 Å². The fourth-order valence-corrected chi connectivity index (χ4v) is 1.66. The Morgan fingerprint density at radius 3 is 2.00 bits per heavy atom. The van der Waals surface area contributed by atoms with E-state index in [0.717, 1.165) is 0 Å². The SMILES string of the molecule is CCC(C)(C)C(=O)NCOC(=O)CC(=O)OCCC(F)(F)CC(C)(F)F. The van der Waals surface area contributed by atoms with E-state index in [1.165, 1.54) is 0 Å². The minimum atomic E-state index is -3.70. The Kier molecular flexibility index (Phi) is 9.03. The number of ether oxygens (including phenoxy) is 2. The van der Waals surface area contributed by atoms with Crippen LogP contribution >= 0.6 is 0 Å². The molecule has 0 saturated heterocycles. The van der Waals surface area contributed by atoms with E-state index in [2.05, 4.69) is 14.8 Å². The molecule has 0 aromatic heterocycles. The van der Waals surface area contributed by atoms with Crippen LogP contribution in [0.2, 0.25) is 0 Å². The number of carbonyl (C=O) groups excluding carboxylic acids is 3. The van der Waals surface area contributed by atoms with Crippen LogP contribution in [0.3, 0.4) is 0 Å². The van der Waals surface area contributed by atoms with Crippen molar-refractivity contribution in [2.45, 2.75) is 65.2 Å². The molecule has 0 aromatic rings. The maximum Gasteiger partial charge on any atom is 0.318 e. The predicted octanol–water partition coefficient (Wildman–Crippen LogP) is 3.04. The molecule has 0 atom stereocenters. The van der Waals surface area contributed by atoms with Crippen molar-refractivity contribution in [3.05, 3.63) is 0 Å². The highest BCUT2D eigenvalue weighted by Gasteiger charge is 2.39. The van der Waals surface area contributed by atoms with Crippen LogP contribution in [-0.4, -0.2) is 43.0 Å². The first-order valence-corrected chi connectivity index (χ1v) is 8.04. The summed E-state index contributed by atoms with van der Waals surface area (Å²) in [6.45, 7) is 4.32. The summed E-state index contributed by atoms with van der Waals surface area (Å²) in [5.41, 5.74) is -0.647. The number of carbonyl (C=O) groups is 3. The number of hydrogen-bond donors (Lipinski definition) is 1. The lowest BCUT2D eigenvalue weighted by molar-refractivity contribution is -0.157. The maximum atomic E-state index is 13.2. The number of nitrogens with one attached hydrogen (secondary N) is 1. The van der Waals surface area contributed by atoms with E-state index in [1.54, 1.807) is 13.8 Å². The molecular weight excluding hydrogens is 362 g/mol. The average Bonchev–Trinajstić information content (AvgIpc) is 2.43. The molecule has 0 unspecified atom stereocenters. The Balaban J connectivity index is 4.07. The van der Waals surface area contributed by atoms with E-state index in [4.69, 9.17) is 0 Å². The molecule has 0 rings (SSSR count). The molecular formula is C16H25F4NO5. The second-order valence-electron chi connectivity index (χ2n) is 6.65. The molecule has 152 valence electrons. The third kappa shape index (κ3) is 10.9. The van der Waals surface area contributed by atoms with Gasteiger partial charge in [0.15, 0.2) is 6.73 Å². The highest BCUT2D eigenvalue weighted by atomic mass is 19.3. The second kappa shape index (κ2) is 9.72. The van der Waals surface area contributed by atoms with Gasteiger partial charge < -0.3 is 14.8 Å². The van der Waals surface area contributed by atoms with E-state index in [9.17, 15) is 31.9 Å². The maximum absolute atomic E-state index is 13.2. The summed E-state index contributed by atoms with van der Waals surface area (Å²) in [7, 11) is 0. The highest BCUT2D eigenvalue weighted by molar-refractivity contribution is 5.91. The molecule has 0 saturated carbocycles. The van der Waals surface area contributed by atoms with Crippen molar-refractivity contribution in [2.24, 2.45) is 5.41 Å². The topological polar surface area (TPSA) is 81.7 Å². The van der Waals surface area contributed by atoms with Crippen LogP contribution < -0.4 is 5.32 Å². The van der Waals surface area contributed by atoms with Crippen molar-refractivity contribution in [3.63, 3.8) is 0 Å². The number of alkyl halides is 4. The van der Waals surface area contributed by atoms with Crippen LogP contribution in [0.25, 0.3) is 0 Å². The van der Waals surface area contributed by atoms with Crippen molar-refractivity contribution in [1.29, 1.82) is 0 Å². The quantitative estimate of drug-likeness (QED) is 0.255. The van der Waals surface area contributed by atoms with Crippen LogP contribution in [0.15, 0.2) is 0 Å². The van der Waals surface area contributed by atoms with Gasteiger partial charge in [0.25, 0.3) is 11.8 Å². The van der Waals surface area contributed by atoms with E-state index < -0.39 is 61.8 Å². The molecule has 0 radical (unpaired) electrons. The smallest absolute Gasteiger partial charge is 0.318 e. The minimum Gasteiger partial charge on any atom is -0.465 e. The Morgan fingerprint density at radius 2 is 1.50 bits per heavy atom. The molecule has 0 aromatic carbocycles. The van der Waals surface area contributed by atoms with Gasteiger partial charge in [-0.2, -0.15) is 0 Å². The van der Waals surface area contributed by atoms with Gasteiger partial charge in [-0.05, 0) is 13.3 Å². The average molecular weight is 387 g/mol. The van der Waals surface area contributed by atoms with Gasteiger partial charge in [-0.3, -0.25) is 14.4 Å². The monoisotopic (exact) mass is 387 g/mol. The first-order valence-electron chi connectivity index (χ1n) is 8.04. The fourth-order valence-electron chi connectivity index (χ4n) is 1.66. The first-order chi connectivity index (χ1) is 11.7. The summed E-state index contributed by atoms with van der Waals surface area (Å²) in [5.74, 6) is -9.74. The molecule has 1 amide bonds. The van der Waals surface area contributed by atoms with Gasteiger partial charge in [0.2, 0.25) is 5.91 Å².